The molecule has 0 atom stereocenters. The number of halogens is 2. The fourth-order valence-corrected chi connectivity index (χ4v) is 3.97. The lowest BCUT2D eigenvalue weighted by Crippen LogP contribution is -2.24. The van der Waals surface area contributed by atoms with Gasteiger partial charge in [0.05, 0.1) is 13.7 Å². The van der Waals surface area contributed by atoms with Gasteiger partial charge in [-0.25, -0.2) is 8.78 Å². The van der Waals surface area contributed by atoms with Gasteiger partial charge in [0.2, 0.25) is 5.62 Å². The zero-order valence-corrected chi connectivity index (χ0v) is 19.7. The van der Waals surface area contributed by atoms with E-state index >= 15 is 0 Å². The number of hydrogen-bond donors (Lipinski definition) is 2. The highest BCUT2D eigenvalue weighted by Crippen LogP contribution is 2.27. The number of aryl methyl sites for hydroxylation is 2. The summed E-state index contributed by atoms with van der Waals surface area (Å²) in [5.74, 6) is -0.991. The SMILES string of the molecule is COc1cc(CNC(=O)c2cc(Cn3ccn(C)c3=N)cc(-c3ccc(F)cc3C)c2)ccc1F. The van der Waals surface area contributed by atoms with Gasteiger partial charge in [-0.15, -0.1) is 0 Å². The van der Waals surface area contributed by atoms with E-state index in [1.54, 1.807) is 58.9 Å². The molecule has 4 aromatic rings. The molecule has 180 valence electrons. The van der Waals surface area contributed by atoms with Gasteiger partial charge >= 0.3 is 0 Å². The van der Waals surface area contributed by atoms with E-state index in [1.165, 1.54) is 25.3 Å². The van der Waals surface area contributed by atoms with Crippen LogP contribution in [0.5, 0.6) is 5.75 Å². The van der Waals surface area contributed by atoms with Gasteiger partial charge in [0.1, 0.15) is 5.82 Å². The molecule has 0 aliphatic rings. The molecule has 0 aliphatic heterocycles. The quantitative estimate of drug-likeness (QED) is 0.411. The molecule has 8 heteroatoms. The summed E-state index contributed by atoms with van der Waals surface area (Å²) in [7, 11) is 3.18. The summed E-state index contributed by atoms with van der Waals surface area (Å²) in [6, 6.07) is 14.5. The first-order valence-electron chi connectivity index (χ1n) is 11.0. The lowest BCUT2D eigenvalue weighted by atomic mass is 9.96. The van der Waals surface area contributed by atoms with Crippen molar-refractivity contribution in [1.29, 1.82) is 5.41 Å². The Morgan fingerprint density at radius 3 is 2.51 bits per heavy atom. The minimum atomic E-state index is -0.471. The molecule has 0 spiro atoms. The number of ether oxygens (including phenoxy) is 1. The van der Waals surface area contributed by atoms with Gasteiger partial charge in [0.15, 0.2) is 11.6 Å². The summed E-state index contributed by atoms with van der Waals surface area (Å²) in [6.45, 7) is 2.40. The Morgan fingerprint density at radius 2 is 1.83 bits per heavy atom. The van der Waals surface area contributed by atoms with Crippen LogP contribution in [0.1, 0.15) is 27.0 Å². The minimum absolute atomic E-state index is 0.110. The Balaban J connectivity index is 1.67. The van der Waals surface area contributed by atoms with E-state index in [0.29, 0.717) is 23.3 Å². The summed E-state index contributed by atoms with van der Waals surface area (Å²) < 4.78 is 35.9. The maximum absolute atomic E-state index is 13.7. The second-order valence-electron chi connectivity index (χ2n) is 8.39. The molecule has 0 bridgehead atoms. The van der Waals surface area contributed by atoms with Crippen molar-refractivity contribution in [1.82, 2.24) is 14.5 Å². The van der Waals surface area contributed by atoms with Crippen LogP contribution in [0, 0.1) is 24.0 Å². The third-order valence-corrected chi connectivity index (χ3v) is 5.85. The Bertz CT molecular complexity index is 1460. The van der Waals surface area contributed by atoms with Gasteiger partial charge in [0.25, 0.3) is 5.91 Å². The van der Waals surface area contributed by atoms with E-state index in [9.17, 15) is 13.6 Å². The Kier molecular flexibility index (Phi) is 6.82. The maximum atomic E-state index is 13.7. The van der Waals surface area contributed by atoms with Gasteiger partial charge in [0, 0.05) is 31.5 Å². The molecule has 1 aromatic heterocycles. The van der Waals surface area contributed by atoms with Crippen LogP contribution in [0.25, 0.3) is 11.1 Å². The topological polar surface area (TPSA) is 72.0 Å². The largest absolute Gasteiger partial charge is 0.494 e. The number of methoxy groups -OCH3 is 1. The summed E-state index contributed by atoms with van der Waals surface area (Å²) in [6.07, 6.45) is 3.60. The molecule has 0 saturated heterocycles. The highest BCUT2D eigenvalue weighted by Gasteiger charge is 2.13. The molecule has 1 heterocycles. The third kappa shape index (κ3) is 5.32. The molecule has 0 saturated carbocycles. The number of hydrogen-bond acceptors (Lipinski definition) is 3. The second kappa shape index (κ2) is 9.97. The van der Waals surface area contributed by atoms with Gasteiger partial charge < -0.3 is 19.2 Å². The lowest BCUT2D eigenvalue weighted by Gasteiger charge is -2.13. The third-order valence-electron chi connectivity index (χ3n) is 5.85. The Labute approximate surface area is 201 Å². The second-order valence-corrected chi connectivity index (χ2v) is 8.39. The monoisotopic (exact) mass is 476 g/mol. The van der Waals surface area contributed by atoms with Crippen molar-refractivity contribution in [3.05, 3.63) is 106 Å². The van der Waals surface area contributed by atoms with Gasteiger partial charge in [-0.05, 0) is 77.2 Å². The number of carbonyl (C=O) groups is 1. The Morgan fingerprint density at radius 1 is 1.03 bits per heavy atom. The van der Waals surface area contributed by atoms with Crippen LogP contribution in [0.2, 0.25) is 0 Å². The molecule has 2 N–H and O–H groups in total. The zero-order valence-electron chi connectivity index (χ0n) is 19.7. The van der Waals surface area contributed by atoms with Crippen molar-refractivity contribution in [3.63, 3.8) is 0 Å². The first-order chi connectivity index (χ1) is 16.7. The number of amides is 1. The smallest absolute Gasteiger partial charge is 0.251 e. The number of rotatable bonds is 7. The van der Waals surface area contributed by atoms with Crippen molar-refractivity contribution in [2.45, 2.75) is 20.0 Å². The molecule has 35 heavy (non-hydrogen) atoms. The first-order valence-corrected chi connectivity index (χ1v) is 11.0. The molecular formula is C27H26F2N4O2. The molecule has 0 unspecified atom stereocenters. The molecule has 0 aliphatic carbocycles. The fourth-order valence-electron chi connectivity index (χ4n) is 3.97. The van der Waals surface area contributed by atoms with Crippen LogP contribution in [-0.2, 0) is 20.1 Å². The van der Waals surface area contributed by atoms with E-state index < -0.39 is 5.82 Å². The van der Waals surface area contributed by atoms with Gasteiger partial charge in [-0.1, -0.05) is 12.1 Å². The Hall–Kier alpha value is -4.20. The molecular weight excluding hydrogens is 450 g/mol. The molecule has 0 radical (unpaired) electrons. The molecule has 0 fully saturated rings. The number of nitrogens with one attached hydrogen (secondary N) is 2. The normalized spacial score (nSPS) is 10.9. The number of carbonyl (C=O) groups excluding carboxylic acids is 1. The van der Waals surface area contributed by atoms with E-state index in [1.807, 2.05) is 13.0 Å². The number of aromatic nitrogens is 2. The summed E-state index contributed by atoms with van der Waals surface area (Å²) >= 11 is 0. The predicted octanol–water partition coefficient (Wildman–Crippen LogP) is 4.55. The molecule has 6 nitrogen and oxygen atoms in total. The van der Waals surface area contributed by atoms with Crippen LogP contribution in [0.4, 0.5) is 8.78 Å². The van der Waals surface area contributed by atoms with Crippen molar-refractivity contribution in [2.75, 3.05) is 7.11 Å². The highest BCUT2D eigenvalue weighted by atomic mass is 19.1. The van der Waals surface area contributed by atoms with Crippen molar-refractivity contribution in [2.24, 2.45) is 7.05 Å². The number of imidazole rings is 1. The predicted molar refractivity (Wildman–Crippen MR) is 129 cm³/mol. The summed E-state index contributed by atoms with van der Waals surface area (Å²) in [5, 5.41) is 11.1. The van der Waals surface area contributed by atoms with Gasteiger partial charge in [-0.2, -0.15) is 0 Å². The van der Waals surface area contributed by atoms with Crippen molar-refractivity contribution < 1.29 is 18.3 Å². The maximum Gasteiger partial charge on any atom is 0.251 e. The standard InChI is InChI=1S/C27H26F2N4O2/c1-17-10-22(28)5-6-23(17)20-11-19(16-33-9-8-32(2)27(33)30)12-21(14-20)26(34)31-15-18-4-7-24(29)25(13-18)35-3/h4-14,30H,15-16H2,1-3H3,(H,31,34). The van der Waals surface area contributed by atoms with Crippen LogP contribution >= 0.6 is 0 Å². The zero-order chi connectivity index (χ0) is 25.1. The van der Waals surface area contributed by atoms with E-state index in [0.717, 1.165) is 22.3 Å². The van der Waals surface area contributed by atoms with Crippen LogP contribution in [0.3, 0.4) is 0 Å². The summed E-state index contributed by atoms with van der Waals surface area (Å²) in [4.78, 5) is 13.1. The first kappa shape index (κ1) is 23.9. The molecule has 3 aromatic carbocycles. The van der Waals surface area contributed by atoms with Crippen LogP contribution in [0.15, 0.2) is 67.0 Å². The molecule has 1 amide bonds. The molecule has 4 rings (SSSR count). The van der Waals surface area contributed by atoms with E-state index in [-0.39, 0.29) is 24.0 Å². The minimum Gasteiger partial charge on any atom is -0.494 e. The van der Waals surface area contributed by atoms with Crippen molar-refractivity contribution >= 4 is 5.91 Å². The van der Waals surface area contributed by atoms with E-state index in [2.05, 4.69) is 5.32 Å². The van der Waals surface area contributed by atoms with E-state index in [4.69, 9.17) is 10.1 Å². The summed E-state index contributed by atoms with van der Waals surface area (Å²) in [5.41, 5.74) is 4.61. The average molecular weight is 477 g/mol. The van der Waals surface area contributed by atoms with Crippen LogP contribution < -0.4 is 15.7 Å². The number of nitrogens with zero attached hydrogens (tertiary/aromatic N) is 2. The average Bonchev–Trinajstić information content (AvgIpc) is 3.15. The number of benzene rings is 3. The van der Waals surface area contributed by atoms with Gasteiger partial charge in [-0.3, -0.25) is 10.2 Å². The van der Waals surface area contributed by atoms with Crippen molar-refractivity contribution in [3.8, 4) is 16.9 Å². The lowest BCUT2D eigenvalue weighted by molar-refractivity contribution is 0.0950. The highest BCUT2D eigenvalue weighted by molar-refractivity contribution is 5.95. The van der Waals surface area contributed by atoms with Crippen LogP contribution in [-0.4, -0.2) is 22.2 Å². The fraction of sp³-hybridized carbons (Fsp3) is 0.185.